The fraction of sp³-hybridized carbons (Fsp3) is 0.500. The van der Waals surface area contributed by atoms with Crippen molar-refractivity contribution in [3.63, 3.8) is 0 Å². The quantitative estimate of drug-likeness (QED) is 0.328. The van der Waals surface area contributed by atoms with E-state index in [1.165, 1.54) is 23.3 Å². The number of ether oxygens (including phenoxy) is 1. The van der Waals surface area contributed by atoms with Crippen LogP contribution in [0.15, 0.2) is 50.8 Å². The van der Waals surface area contributed by atoms with Gasteiger partial charge >= 0.3 is 6.09 Å². The van der Waals surface area contributed by atoms with Gasteiger partial charge in [0.25, 0.3) is 18.3 Å². The van der Waals surface area contributed by atoms with Crippen LogP contribution >= 0.6 is 11.6 Å². The Bertz CT molecular complexity index is 1760. The third-order valence-corrected chi connectivity index (χ3v) is 14.3. The molecule has 246 valence electrons. The van der Waals surface area contributed by atoms with E-state index in [1.807, 2.05) is 13.1 Å². The molecule has 1 aliphatic rings. The molecule has 0 aliphatic carbocycles. The van der Waals surface area contributed by atoms with Crippen molar-refractivity contribution in [3.8, 4) is 5.75 Å². The Balaban J connectivity index is 1.54. The van der Waals surface area contributed by atoms with E-state index in [0.29, 0.717) is 15.9 Å². The maximum absolute atomic E-state index is 13.7. The van der Waals surface area contributed by atoms with Crippen LogP contribution in [0.1, 0.15) is 47.3 Å². The number of carbonyl (C=O) groups excluding carboxylic acids is 2. The molecule has 2 amide bonds. The van der Waals surface area contributed by atoms with Gasteiger partial charge in [-0.2, -0.15) is 4.31 Å². The first-order valence-electron chi connectivity index (χ1n) is 14.5. The first-order valence-corrected chi connectivity index (χ1v) is 19.3. The number of sulfonamides is 1. The monoisotopic (exact) mass is 680 g/mol. The first-order chi connectivity index (χ1) is 20.7. The number of hydrogen-bond donors (Lipinski definition) is 2. The molecule has 0 spiro atoms. The number of nitrogens with one attached hydrogen (secondary N) is 2. The molecular weight excluding hydrogens is 640 g/mol. The van der Waals surface area contributed by atoms with Crippen molar-refractivity contribution in [3.05, 3.63) is 57.6 Å². The highest BCUT2D eigenvalue weighted by molar-refractivity contribution is 7.89. The highest BCUT2D eigenvalue weighted by atomic mass is 35.5. The second-order valence-corrected chi connectivity index (χ2v) is 20.6. The van der Waals surface area contributed by atoms with Gasteiger partial charge in [-0.05, 0) is 63.2 Å². The van der Waals surface area contributed by atoms with Crippen molar-refractivity contribution in [1.29, 1.82) is 0 Å². The van der Waals surface area contributed by atoms with Gasteiger partial charge in [0.15, 0.2) is 5.75 Å². The third-order valence-electron chi connectivity index (χ3n) is 7.91. The zero-order valence-corrected chi connectivity index (χ0v) is 29.4. The van der Waals surface area contributed by atoms with E-state index in [-0.39, 0.29) is 53.2 Å². The minimum absolute atomic E-state index is 0.0634. The molecule has 15 heteroatoms. The number of nitrogens with zero attached hydrogens (tertiary/aromatic N) is 2. The topological polar surface area (TPSA) is 151 Å². The van der Waals surface area contributed by atoms with Crippen LogP contribution in [0.5, 0.6) is 5.75 Å². The number of amides is 2. The van der Waals surface area contributed by atoms with Gasteiger partial charge in [0, 0.05) is 41.6 Å². The fourth-order valence-corrected chi connectivity index (χ4v) is 7.06. The van der Waals surface area contributed by atoms with Crippen molar-refractivity contribution in [2.24, 2.45) is 0 Å². The number of aromatic amines is 1. The van der Waals surface area contributed by atoms with Gasteiger partial charge < -0.3 is 23.9 Å². The van der Waals surface area contributed by atoms with Crippen molar-refractivity contribution in [2.75, 3.05) is 19.6 Å². The average molecular weight is 681 g/mol. The van der Waals surface area contributed by atoms with E-state index in [1.54, 1.807) is 39.0 Å². The highest BCUT2D eigenvalue weighted by Gasteiger charge is 2.42. The van der Waals surface area contributed by atoms with Crippen molar-refractivity contribution in [1.82, 2.24) is 19.5 Å². The molecule has 1 unspecified atom stereocenters. The molecule has 1 aliphatic heterocycles. The normalized spacial score (nSPS) is 16.9. The summed E-state index contributed by atoms with van der Waals surface area (Å²) in [5.41, 5.74) is -0.646. The van der Waals surface area contributed by atoms with Gasteiger partial charge in [0.05, 0.1) is 6.54 Å². The summed E-state index contributed by atoms with van der Waals surface area (Å²) in [5.74, 6) is -0.384. The van der Waals surface area contributed by atoms with Crippen LogP contribution in [0.2, 0.25) is 23.2 Å². The largest absolute Gasteiger partial charge is 0.539 e. The second-order valence-electron chi connectivity index (χ2n) is 13.6. The lowest BCUT2D eigenvalue weighted by Crippen LogP contribution is -2.62. The van der Waals surface area contributed by atoms with Crippen LogP contribution in [-0.4, -0.2) is 74.2 Å². The van der Waals surface area contributed by atoms with Crippen molar-refractivity contribution >= 4 is 52.8 Å². The number of aromatic nitrogens is 1. The molecule has 1 atom stereocenters. The number of halogens is 1. The number of fused-ring (bicyclic) bond motifs is 1. The fourth-order valence-electron chi connectivity index (χ4n) is 4.42. The first kappa shape index (κ1) is 34.5. The zero-order chi connectivity index (χ0) is 33.5. The molecule has 45 heavy (non-hydrogen) atoms. The van der Waals surface area contributed by atoms with Gasteiger partial charge in [-0.1, -0.05) is 32.4 Å². The number of H-pyrrole nitrogens is 1. The molecule has 4 rings (SSSR count). The van der Waals surface area contributed by atoms with Gasteiger partial charge in [-0.25, -0.2) is 13.2 Å². The maximum Gasteiger partial charge on any atom is 0.411 e. The summed E-state index contributed by atoms with van der Waals surface area (Å²) < 4.78 is 45.7. The van der Waals surface area contributed by atoms with Crippen LogP contribution < -0.4 is 15.2 Å². The molecule has 0 bridgehead atoms. The Morgan fingerprint density at radius 2 is 1.80 bits per heavy atom. The summed E-state index contributed by atoms with van der Waals surface area (Å²) >= 11 is 6.07. The molecule has 3 heterocycles. The molecule has 2 N–H and O–H groups in total. The van der Waals surface area contributed by atoms with Crippen LogP contribution in [0.3, 0.4) is 0 Å². The van der Waals surface area contributed by atoms with Crippen LogP contribution in [-0.2, 0) is 26.1 Å². The number of hydrogen-bond acceptors (Lipinski definition) is 8. The minimum Gasteiger partial charge on any atom is -0.539 e. The molecule has 0 saturated carbocycles. The highest BCUT2D eigenvalue weighted by Crippen LogP contribution is 2.36. The Hall–Kier alpha value is -3.33. The van der Waals surface area contributed by atoms with Gasteiger partial charge in [0.2, 0.25) is 11.3 Å². The predicted molar refractivity (Wildman–Crippen MR) is 173 cm³/mol. The standard InChI is InChI=1S/C30H41ClN4O8SSi/c1-29(2,3)42-28(38)35-12-11-34(44(39,40)26-14-19-13-20(31)9-10-22(19)33-26)17-23(35)27(37)32-16-21-15-24(36)25(18-41-21)43-45(7,8)30(4,5)6/h9-10,13-15,18,23,33H,11-12,16-17H2,1-8H3,(H,32,37). The summed E-state index contributed by atoms with van der Waals surface area (Å²) in [5, 5.41) is 3.56. The maximum atomic E-state index is 13.7. The van der Waals surface area contributed by atoms with E-state index in [4.69, 9.17) is 25.2 Å². The number of rotatable bonds is 7. The minimum atomic E-state index is -4.09. The zero-order valence-electron chi connectivity index (χ0n) is 26.8. The van der Waals surface area contributed by atoms with E-state index >= 15 is 0 Å². The van der Waals surface area contributed by atoms with Gasteiger partial charge in [0.1, 0.15) is 28.7 Å². The number of benzene rings is 1. The second kappa shape index (κ2) is 12.5. The Morgan fingerprint density at radius 1 is 1.11 bits per heavy atom. The molecule has 0 radical (unpaired) electrons. The van der Waals surface area contributed by atoms with Gasteiger partial charge in [-0.3, -0.25) is 14.5 Å². The lowest BCUT2D eigenvalue weighted by atomic mass is 10.1. The molecule has 1 saturated heterocycles. The summed E-state index contributed by atoms with van der Waals surface area (Å²) in [4.78, 5) is 43.6. The molecular formula is C30H41ClN4O8SSi. The Kier molecular flexibility index (Phi) is 9.56. The summed E-state index contributed by atoms with van der Waals surface area (Å²) in [6.45, 7) is 14.6. The smallest absolute Gasteiger partial charge is 0.411 e. The Morgan fingerprint density at radius 3 is 2.42 bits per heavy atom. The third kappa shape index (κ3) is 7.91. The summed E-state index contributed by atoms with van der Waals surface area (Å²) in [6.07, 6.45) is 0.485. The van der Waals surface area contributed by atoms with Crippen molar-refractivity contribution in [2.45, 2.75) is 82.9 Å². The number of carbonyl (C=O) groups is 2. The average Bonchev–Trinajstić information content (AvgIpc) is 3.35. The predicted octanol–water partition coefficient (Wildman–Crippen LogP) is 5.08. The van der Waals surface area contributed by atoms with E-state index in [9.17, 15) is 22.8 Å². The lowest BCUT2D eigenvalue weighted by molar-refractivity contribution is -0.128. The summed E-state index contributed by atoms with van der Waals surface area (Å²) in [7, 11) is -6.37. The SMILES string of the molecule is CC(C)(C)OC(=O)N1CCN(S(=O)(=O)c2cc3cc(Cl)ccc3[nH]2)CC1C(=O)NCc1cc(=O)c(O[Si](C)(C)C(C)(C)C)co1. The summed E-state index contributed by atoms with van der Waals surface area (Å²) in [6, 6.07) is 6.47. The molecule has 1 aromatic carbocycles. The van der Waals surface area contributed by atoms with E-state index in [0.717, 1.165) is 4.31 Å². The van der Waals surface area contributed by atoms with Crippen LogP contribution in [0.25, 0.3) is 10.9 Å². The lowest BCUT2D eigenvalue weighted by Gasteiger charge is -2.40. The van der Waals surface area contributed by atoms with Crippen molar-refractivity contribution < 1.29 is 31.6 Å². The van der Waals surface area contributed by atoms with Crippen LogP contribution in [0, 0.1) is 0 Å². The Labute approximate surface area is 269 Å². The van der Waals surface area contributed by atoms with E-state index in [2.05, 4.69) is 31.1 Å². The molecule has 2 aromatic heterocycles. The number of piperazine rings is 1. The van der Waals surface area contributed by atoms with E-state index < -0.39 is 42.0 Å². The molecule has 12 nitrogen and oxygen atoms in total. The van der Waals surface area contributed by atoms with Crippen LogP contribution in [0.4, 0.5) is 4.79 Å². The van der Waals surface area contributed by atoms with Gasteiger partial charge in [-0.15, -0.1) is 0 Å². The molecule has 3 aromatic rings. The molecule has 1 fully saturated rings.